The monoisotopic (exact) mass is 353 g/mol. The minimum absolute atomic E-state index is 0.124. The summed E-state index contributed by atoms with van der Waals surface area (Å²) >= 11 is 1.52. The smallest absolute Gasteiger partial charge is 0.273 e. The maximum absolute atomic E-state index is 12.6. The maximum atomic E-state index is 12.6. The minimum atomic E-state index is 0.124. The van der Waals surface area contributed by atoms with Gasteiger partial charge in [0.25, 0.3) is 5.19 Å². The van der Waals surface area contributed by atoms with Crippen LogP contribution < -0.4 is 4.74 Å². The van der Waals surface area contributed by atoms with Gasteiger partial charge in [0.15, 0.2) is 0 Å². The van der Waals surface area contributed by atoms with Crippen LogP contribution in [0.15, 0.2) is 11.6 Å². The van der Waals surface area contributed by atoms with E-state index in [1.807, 2.05) is 24.1 Å². The number of likely N-dealkylation sites (tertiary alicyclic amines) is 1. The second-order valence-corrected chi connectivity index (χ2v) is 7.77. The Morgan fingerprint density at radius 3 is 2.88 bits per heavy atom. The first-order chi connectivity index (χ1) is 11.6. The summed E-state index contributed by atoms with van der Waals surface area (Å²) in [7, 11) is 0. The number of morpholine rings is 1. The first kappa shape index (κ1) is 17.6. The van der Waals surface area contributed by atoms with Crippen LogP contribution in [0.5, 0.6) is 5.19 Å². The highest BCUT2D eigenvalue weighted by Gasteiger charge is 2.28. The SMILES string of the molecule is CC1CN(C(=O)CN2CCCC(COc3nccs3)C2)CC(C)O1. The molecule has 1 aromatic heterocycles. The van der Waals surface area contributed by atoms with E-state index in [1.165, 1.54) is 11.3 Å². The molecular formula is C17H27N3O3S. The van der Waals surface area contributed by atoms with Crippen LogP contribution >= 0.6 is 11.3 Å². The molecule has 1 amide bonds. The molecular weight excluding hydrogens is 326 g/mol. The standard InChI is InChI=1S/C17H27N3O3S/c1-13-8-20(9-14(2)23-13)16(21)11-19-6-3-4-15(10-19)12-22-17-18-5-7-24-17/h5,7,13-15H,3-4,6,8-12H2,1-2H3. The van der Waals surface area contributed by atoms with E-state index in [9.17, 15) is 4.79 Å². The summed E-state index contributed by atoms with van der Waals surface area (Å²) in [6.07, 6.45) is 4.28. The normalized spacial score (nSPS) is 28.8. The number of carbonyl (C=O) groups excluding carboxylic acids is 1. The molecule has 3 atom stereocenters. The lowest BCUT2D eigenvalue weighted by Gasteiger charge is -2.38. The summed E-state index contributed by atoms with van der Waals surface area (Å²) in [5.74, 6) is 0.691. The second-order valence-electron chi connectivity index (χ2n) is 6.91. The Hall–Kier alpha value is -1.18. The number of thiazole rings is 1. The van der Waals surface area contributed by atoms with E-state index in [2.05, 4.69) is 9.88 Å². The Labute approximate surface area is 147 Å². The van der Waals surface area contributed by atoms with E-state index in [0.717, 1.165) is 31.1 Å². The van der Waals surface area contributed by atoms with Crippen LogP contribution in [0.4, 0.5) is 0 Å². The lowest BCUT2D eigenvalue weighted by Crippen LogP contribution is -2.52. The van der Waals surface area contributed by atoms with Crippen LogP contribution in [0, 0.1) is 5.92 Å². The number of ether oxygens (including phenoxy) is 2. The van der Waals surface area contributed by atoms with E-state index in [4.69, 9.17) is 9.47 Å². The minimum Gasteiger partial charge on any atom is -0.470 e. The number of hydrogen-bond acceptors (Lipinski definition) is 6. The molecule has 2 aliphatic heterocycles. The highest BCUT2D eigenvalue weighted by molar-refractivity contribution is 7.11. The van der Waals surface area contributed by atoms with E-state index in [0.29, 0.717) is 32.2 Å². The summed E-state index contributed by atoms with van der Waals surface area (Å²) in [5.41, 5.74) is 0. The molecule has 0 radical (unpaired) electrons. The molecule has 1 aromatic rings. The molecule has 2 aliphatic rings. The van der Waals surface area contributed by atoms with Crippen LogP contribution in [0.2, 0.25) is 0 Å². The lowest BCUT2D eigenvalue weighted by atomic mass is 9.99. The number of rotatable bonds is 5. The van der Waals surface area contributed by atoms with Gasteiger partial charge in [0.2, 0.25) is 5.91 Å². The predicted octanol–water partition coefficient (Wildman–Crippen LogP) is 1.87. The van der Waals surface area contributed by atoms with Crippen molar-refractivity contribution in [3.63, 3.8) is 0 Å². The average Bonchev–Trinajstić information content (AvgIpc) is 3.06. The number of piperidine rings is 1. The van der Waals surface area contributed by atoms with Crippen molar-refractivity contribution in [3.05, 3.63) is 11.6 Å². The molecule has 3 unspecified atom stereocenters. The quantitative estimate of drug-likeness (QED) is 0.809. The summed E-state index contributed by atoms with van der Waals surface area (Å²) in [6.45, 7) is 8.57. The van der Waals surface area contributed by atoms with Crippen molar-refractivity contribution in [2.75, 3.05) is 39.3 Å². The Morgan fingerprint density at radius 2 is 2.17 bits per heavy atom. The Morgan fingerprint density at radius 1 is 1.38 bits per heavy atom. The maximum Gasteiger partial charge on any atom is 0.273 e. The molecule has 0 N–H and O–H groups in total. The van der Waals surface area contributed by atoms with Gasteiger partial charge < -0.3 is 14.4 Å². The summed E-state index contributed by atoms with van der Waals surface area (Å²) in [4.78, 5) is 21.0. The second kappa shape index (κ2) is 8.27. The van der Waals surface area contributed by atoms with Crippen molar-refractivity contribution in [1.82, 2.24) is 14.8 Å². The van der Waals surface area contributed by atoms with Crippen molar-refractivity contribution in [1.29, 1.82) is 0 Å². The highest BCUT2D eigenvalue weighted by Crippen LogP contribution is 2.20. The molecule has 0 aliphatic carbocycles. The van der Waals surface area contributed by atoms with Gasteiger partial charge in [-0.05, 0) is 33.2 Å². The van der Waals surface area contributed by atoms with E-state index in [1.54, 1.807) is 6.20 Å². The Bertz CT molecular complexity index is 515. The lowest BCUT2D eigenvalue weighted by molar-refractivity contribution is -0.144. The topological polar surface area (TPSA) is 54.9 Å². The first-order valence-corrected chi connectivity index (χ1v) is 9.66. The van der Waals surface area contributed by atoms with Gasteiger partial charge in [-0.3, -0.25) is 9.69 Å². The molecule has 134 valence electrons. The van der Waals surface area contributed by atoms with Crippen molar-refractivity contribution in [3.8, 4) is 5.19 Å². The van der Waals surface area contributed by atoms with Crippen molar-refractivity contribution in [2.24, 2.45) is 5.92 Å². The van der Waals surface area contributed by atoms with Crippen LogP contribution in [0.25, 0.3) is 0 Å². The summed E-state index contributed by atoms with van der Waals surface area (Å²) < 4.78 is 11.5. The van der Waals surface area contributed by atoms with Gasteiger partial charge in [0.1, 0.15) is 0 Å². The van der Waals surface area contributed by atoms with Gasteiger partial charge in [-0.25, -0.2) is 4.98 Å². The molecule has 3 rings (SSSR count). The number of hydrogen-bond donors (Lipinski definition) is 0. The third-order valence-electron chi connectivity index (χ3n) is 4.59. The molecule has 0 saturated carbocycles. The Balaban J connectivity index is 1.45. The highest BCUT2D eigenvalue weighted by atomic mass is 32.1. The van der Waals surface area contributed by atoms with Gasteiger partial charge in [-0.1, -0.05) is 11.3 Å². The van der Waals surface area contributed by atoms with E-state index in [-0.39, 0.29) is 18.1 Å². The van der Waals surface area contributed by atoms with Crippen LogP contribution in [0.1, 0.15) is 26.7 Å². The molecule has 2 fully saturated rings. The van der Waals surface area contributed by atoms with E-state index < -0.39 is 0 Å². The molecule has 0 spiro atoms. The van der Waals surface area contributed by atoms with E-state index >= 15 is 0 Å². The third-order valence-corrected chi connectivity index (χ3v) is 5.27. The fraction of sp³-hybridized carbons (Fsp3) is 0.765. The number of aromatic nitrogens is 1. The van der Waals surface area contributed by atoms with Gasteiger partial charge in [0, 0.05) is 37.1 Å². The van der Waals surface area contributed by atoms with Gasteiger partial charge in [-0.2, -0.15) is 0 Å². The average molecular weight is 353 g/mol. The molecule has 7 heteroatoms. The summed E-state index contributed by atoms with van der Waals surface area (Å²) in [5, 5.41) is 2.66. The van der Waals surface area contributed by atoms with Crippen molar-refractivity contribution in [2.45, 2.75) is 38.9 Å². The number of amides is 1. The van der Waals surface area contributed by atoms with Crippen molar-refractivity contribution >= 4 is 17.2 Å². The zero-order valence-electron chi connectivity index (χ0n) is 14.5. The molecule has 0 bridgehead atoms. The predicted molar refractivity (Wildman–Crippen MR) is 93.4 cm³/mol. The van der Waals surface area contributed by atoms with Crippen LogP contribution in [0.3, 0.4) is 0 Å². The largest absolute Gasteiger partial charge is 0.470 e. The summed E-state index contributed by atoms with van der Waals surface area (Å²) in [6, 6.07) is 0. The van der Waals surface area contributed by atoms with Crippen LogP contribution in [-0.2, 0) is 9.53 Å². The van der Waals surface area contributed by atoms with Crippen LogP contribution in [-0.4, -0.2) is 72.2 Å². The first-order valence-electron chi connectivity index (χ1n) is 8.78. The third kappa shape index (κ3) is 4.91. The molecule has 2 saturated heterocycles. The molecule has 3 heterocycles. The number of carbonyl (C=O) groups is 1. The Kier molecular flexibility index (Phi) is 6.08. The van der Waals surface area contributed by atoms with Crippen molar-refractivity contribution < 1.29 is 14.3 Å². The zero-order valence-corrected chi connectivity index (χ0v) is 15.3. The number of nitrogens with zero attached hydrogens (tertiary/aromatic N) is 3. The van der Waals surface area contributed by atoms with Gasteiger partial charge in [0.05, 0.1) is 25.4 Å². The van der Waals surface area contributed by atoms with Gasteiger partial charge >= 0.3 is 0 Å². The molecule has 6 nitrogen and oxygen atoms in total. The van der Waals surface area contributed by atoms with Gasteiger partial charge in [-0.15, -0.1) is 0 Å². The molecule has 24 heavy (non-hydrogen) atoms. The molecule has 0 aromatic carbocycles. The zero-order chi connectivity index (χ0) is 16.9. The fourth-order valence-corrected chi connectivity index (χ4v) is 4.07. The fourth-order valence-electron chi connectivity index (χ4n) is 3.57.